The molecule has 4 heteroatoms. The lowest BCUT2D eigenvalue weighted by molar-refractivity contribution is 1.01. The molecule has 0 aliphatic heterocycles. The van der Waals surface area contributed by atoms with Gasteiger partial charge in [0.1, 0.15) is 0 Å². The third kappa shape index (κ3) is 3.37. The van der Waals surface area contributed by atoms with Gasteiger partial charge in [0.05, 0.1) is 0 Å². The first-order chi connectivity index (χ1) is 5.66. The van der Waals surface area contributed by atoms with Crippen LogP contribution < -0.4 is 10.6 Å². The third-order valence-electron chi connectivity index (χ3n) is 2.07. The summed E-state index contributed by atoms with van der Waals surface area (Å²) in [5.74, 6) is 0. The van der Waals surface area contributed by atoms with E-state index in [-0.39, 0.29) is 24.8 Å². The first-order valence-corrected chi connectivity index (χ1v) is 4.12. The molecule has 2 N–H and O–H groups in total. The average Bonchev–Trinajstić information content (AvgIpc) is 2.03. The molecule has 0 amide bonds. The minimum atomic E-state index is 0. The van der Waals surface area contributed by atoms with Crippen LogP contribution in [0.4, 0.5) is 5.69 Å². The van der Waals surface area contributed by atoms with Crippen molar-refractivity contribution in [3.8, 4) is 0 Å². The number of hydrogen-bond acceptors (Lipinski definition) is 2. The van der Waals surface area contributed by atoms with Crippen molar-refractivity contribution in [3.05, 3.63) is 29.3 Å². The number of anilines is 1. The van der Waals surface area contributed by atoms with E-state index in [1.54, 1.807) is 0 Å². The molecule has 1 rings (SSSR count). The molecule has 1 aromatic rings. The van der Waals surface area contributed by atoms with E-state index < -0.39 is 0 Å². The van der Waals surface area contributed by atoms with Gasteiger partial charge < -0.3 is 10.6 Å². The van der Waals surface area contributed by atoms with Crippen LogP contribution in [0.2, 0.25) is 0 Å². The summed E-state index contributed by atoms with van der Waals surface area (Å²) in [6.45, 7) is 2.70. The van der Waals surface area contributed by atoms with E-state index in [2.05, 4.69) is 30.0 Å². The van der Waals surface area contributed by atoms with Crippen molar-refractivity contribution >= 4 is 30.5 Å². The number of benzene rings is 1. The molecule has 0 unspecified atom stereocenters. The number of aryl methyl sites for hydroxylation is 1. The lowest BCUT2D eigenvalue weighted by atomic mass is 10.1. The zero-order chi connectivity index (χ0) is 9.14. The van der Waals surface area contributed by atoms with Crippen molar-refractivity contribution in [1.82, 2.24) is 0 Å². The van der Waals surface area contributed by atoms with Gasteiger partial charge in [0.25, 0.3) is 0 Å². The van der Waals surface area contributed by atoms with Gasteiger partial charge in [-0.15, -0.1) is 24.8 Å². The molecule has 0 spiro atoms. The average molecular weight is 237 g/mol. The third-order valence-corrected chi connectivity index (χ3v) is 2.07. The Kier molecular flexibility index (Phi) is 7.93. The molecule has 0 bridgehead atoms. The quantitative estimate of drug-likeness (QED) is 0.855. The van der Waals surface area contributed by atoms with E-state index in [1.165, 1.54) is 16.8 Å². The predicted octanol–water partition coefficient (Wildman–Crippen LogP) is 2.36. The molecule has 0 heterocycles. The molecule has 0 aliphatic rings. The van der Waals surface area contributed by atoms with Gasteiger partial charge in [-0.25, -0.2) is 0 Å². The van der Waals surface area contributed by atoms with Crippen molar-refractivity contribution < 1.29 is 0 Å². The molecule has 82 valence electrons. The van der Waals surface area contributed by atoms with Crippen molar-refractivity contribution in [1.29, 1.82) is 0 Å². The second kappa shape index (κ2) is 6.93. The highest BCUT2D eigenvalue weighted by Crippen LogP contribution is 2.20. The summed E-state index contributed by atoms with van der Waals surface area (Å²) in [7, 11) is 4.07. The molecule has 0 aromatic heterocycles. The summed E-state index contributed by atoms with van der Waals surface area (Å²) in [5.41, 5.74) is 9.39. The number of nitrogens with two attached hydrogens (primary N) is 1. The second-order valence-corrected chi connectivity index (χ2v) is 3.17. The summed E-state index contributed by atoms with van der Waals surface area (Å²) in [6.07, 6.45) is 0. The van der Waals surface area contributed by atoms with Crippen LogP contribution in [0.15, 0.2) is 18.2 Å². The molecule has 0 atom stereocenters. The zero-order valence-electron chi connectivity index (χ0n) is 8.78. The van der Waals surface area contributed by atoms with E-state index in [0.29, 0.717) is 6.54 Å². The van der Waals surface area contributed by atoms with E-state index in [9.17, 15) is 0 Å². The number of nitrogens with zero attached hydrogens (tertiary/aromatic N) is 1. The van der Waals surface area contributed by atoms with Gasteiger partial charge in [0, 0.05) is 26.3 Å². The Hall–Kier alpha value is -0.440. The Balaban J connectivity index is 0. The van der Waals surface area contributed by atoms with Crippen LogP contribution in [-0.2, 0) is 6.54 Å². The Morgan fingerprint density at radius 1 is 1.21 bits per heavy atom. The van der Waals surface area contributed by atoms with Crippen molar-refractivity contribution in [2.45, 2.75) is 13.5 Å². The number of hydrogen-bond donors (Lipinski definition) is 1. The molecule has 1 aromatic carbocycles. The topological polar surface area (TPSA) is 29.3 Å². The van der Waals surface area contributed by atoms with E-state index >= 15 is 0 Å². The number of rotatable bonds is 2. The first kappa shape index (κ1) is 16.0. The monoisotopic (exact) mass is 236 g/mol. The Bertz CT molecular complexity index is 275. The maximum absolute atomic E-state index is 5.66. The number of halogens is 2. The Labute approximate surface area is 98.3 Å². The van der Waals surface area contributed by atoms with Crippen LogP contribution >= 0.6 is 24.8 Å². The lowest BCUT2D eigenvalue weighted by Crippen LogP contribution is -2.13. The van der Waals surface area contributed by atoms with Crippen LogP contribution in [0.25, 0.3) is 0 Å². The van der Waals surface area contributed by atoms with Gasteiger partial charge in [-0.1, -0.05) is 12.1 Å². The highest BCUT2D eigenvalue weighted by molar-refractivity contribution is 5.85. The molecule has 0 saturated heterocycles. The minimum Gasteiger partial charge on any atom is -0.377 e. The van der Waals surface area contributed by atoms with Crippen molar-refractivity contribution in [2.75, 3.05) is 19.0 Å². The van der Waals surface area contributed by atoms with Gasteiger partial charge in [-0.3, -0.25) is 0 Å². The summed E-state index contributed by atoms with van der Waals surface area (Å²) >= 11 is 0. The maximum atomic E-state index is 5.66. The van der Waals surface area contributed by atoms with Crippen LogP contribution in [-0.4, -0.2) is 14.1 Å². The fourth-order valence-electron chi connectivity index (χ4n) is 1.37. The smallest absolute Gasteiger partial charge is 0.0409 e. The van der Waals surface area contributed by atoms with E-state index in [0.717, 1.165) is 0 Å². The van der Waals surface area contributed by atoms with Gasteiger partial charge in [0.2, 0.25) is 0 Å². The molecule has 0 aliphatic carbocycles. The summed E-state index contributed by atoms with van der Waals surface area (Å²) in [6, 6.07) is 6.24. The van der Waals surface area contributed by atoms with Gasteiger partial charge >= 0.3 is 0 Å². The van der Waals surface area contributed by atoms with Gasteiger partial charge in [-0.2, -0.15) is 0 Å². The SMILES string of the molecule is Cc1cccc(N(C)C)c1CN.Cl.Cl. The maximum Gasteiger partial charge on any atom is 0.0409 e. The van der Waals surface area contributed by atoms with Crippen LogP contribution in [0.1, 0.15) is 11.1 Å². The molecule has 0 fully saturated rings. The van der Waals surface area contributed by atoms with Crippen LogP contribution in [0, 0.1) is 6.92 Å². The summed E-state index contributed by atoms with van der Waals surface area (Å²) in [5, 5.41) is 0. The molecule has 0 radical (unpaired) electrons. The van der Waals surface area contributed by atoms with Gasteiger partial charge in [0.15, 0.2) is 0 Å². The van der Waals surface area contributed by atoms with E-state index in [4.69, 9.17) is 5.73 Å². The summed E-state index contributed by atoms with van der Waals surface area (Å²) < 4.78 is 0. The molecule has 14 heavy (non-hydrogen) atoms. The Morgan fingerprint density at radius 3 is 2.14 bits per heavy atom. The highest BCUT2D eigenvalue weighted by atomic mass is 35.5. The fraction of sp³-hybridized carbons (Fsp3) is 0.400. The van der Waals surface area contributed by atoms with E-state index in [1.807, 2.05) is 14.1 Å². The minimum absolute atomic E-state index is 0. The van der Waals surface area contributed by atoms with Crippen molar-refractivity contribution in [3.63, 3.8) is 0 Å². The molecular weight excluding hydrogens is 219 g/mol. The molecule has 0 saturated carbocycles. The Morgan fingerprint density at radius 2 is 1.79 bits per heavy atom. The van der Waals surface area contributed by atoms with Crippen LogP contribution in [0.3, 0.4) is 0 Å². The van der Waals surface area contributed by atoms with Crippen molar-refractivity contribution in [2.24, 2.45) is 5.73 Å². The largest absolute Gasteiger partial charge is 0.377 e. The first-order valence-electron chi connectivity index (χ1n) is 4.12. The predicted molar refractivity (Wildman–Crippen MR) is 67.9 cm³/mol. The van der Waals surface area contributed by atoms with Crippen LogP contribution in [0.5, 0.6) is 0 Å². The summed E-state index contributed by atoms with van der Waals surface area (Å²) in [4.78, 5) is 2.09. The normalized spacial score (nSPS) is 8.57. The zero-order valence-corrected chi connectivity index (χ0v) is 10.4. The second-order valence-electron chi connectivity index (χ2n) is 3.17. The lowest BCUT2D eigenvalue weighted by Gasteiger charge is -2.18. The van der Waals surface area contributed by atoms with Gasteiger partial charge in [-0.05, 0) is 24.1 Å². The molecule has 2 nitrogen and oxygen atoms in total. The standard InChI is InChI=1S/C10H16N2.2ClH/c1-8-5-4-6-10(12(2)3)9(8)7-11;;/h4-6H,7,11H2,1-3H3;2*1H. The highest BCUT2D eigenvalue weighted by Gasteiger charge is 2.03. The molecular formula is C10H18Cl2N2. The fourth-order valence-corrected chi connectivity index (χ4v) is 1.37.